The smallest absolute Gasteiger partial charge is 0.342 e. The summed E-state index contributed by atoms with van der Waals surface area (Å²) in [4.78, 5) is 15.8. The van der Waals surface area contributed by atoms with Gasteiger partial charge in [-0.2, -0.15) is 5.26 Å². The normalized spacial score (nSPS) is 11.1. The zero-order chi connectivity index (χ0) is 20.8. The van der Waals surface area contributed by atoms with Crippen LogP contribution in [-0.2, 0) is 11.4 Å². The van der Waals surface area contributed by atoms with Gasteiger partial charge in [-0.1, -0.05) is 23.7 Å². The average molecular weight is 427 g/mol. The monoisotopic (exact) mass is 426 g/mol. The Morgan fingerprint density at radius 3 is 2.72 bits per heavy atom. The van der Waals surface area contributed by atoms with Crippen LogP contribution >= 0.6 is 23.4 Å². The Labute approximate surface area is 176 Å². The van der Waals surface area contributed by atoms with E-state index in [2.05, 4.69) is 21.3 Å². The van der Waals surface area contributed by atoms with Crippen molar-refractivity contribution in [3.63, 3.8) is 0 Å². The minimum atomic E-state index is -1.12. The number of nitrogens with zero attached hydrogens (tertiary/aromatic N) is 3. The van der Waals surface area contributed by atoms with Crippen LogP contribution in [0.4, 0.5) is 0 Å². The number of H-pyrrole nitrogens is 1. The van der Waals surface area contributed by atoms with Gasteiger partial charge in [-0.05, 0) is 60.7 Å². The first-order valence-electron chi connectivity index (χ1n) is 8.38. The van der Waals surface area contributed by atoms with Crippen molar-refractivity contribution >= 4 is 35.4 Å². The number of carbonyl (C=O) groups is 1. The molecule has 9 heteroatoms. The van der Waals surface area contributed by atoms with Gasteiger partial charge in [0, 0.05) is 10.6 Å². The summed E-state index contributed by atoms with van der Waals surface area (Å²) in [5.74, 6) is -0.0498. The number of aryl methyl sites for hydroxylation is 1. The topological polar surface area (TPSA) is 112 Å². The number of nitrogens with one attached hydrogen (secondary N) is 1. The minimum absolute atomic E-state index is 0.0227. The molecule has 0 fully saturated rings. The Balaban J connectivity index is 1.84. The van der Waals surface area contributed by atoms with E-state index in [1.54, 1.807) is 49.4 Å². The number of benzene rings is 2. The number of hydrogen-bond acceptors (Lipinski definition) is 6. The molecule has 1 heterocycles. The quantitative estimate of drug-likeness (QED) is 0.424. The second-order valence-electron chi connectivity index (χ2n) is 5.90. The zero-order valence-electron chi connectivity index (χ0n) is 15.2. The molecule has 0 aliphatic heterocycles. The molecular weight excluding hydrogens is 412 g/mol. The highest BCUT2D eigenvalue weighted by Crippen LogP contribution is 2.31. The lowest BCUT2D eigenvalue weighted by molar-refractivity contribution is -0.131. The standard InChI is InChI=1S/C20H15ClN4O3S/c1-12-23-20(25-24-12)29-18(19(26)27)9-15-8-16(21)6-7-17(15)28-11-14-4-2-13(10-22)3-5-14/h2-9H,11H2,1H3,(H,26,27)(H,23,24,25)/b18-9-. The molecule has 1 aromatic heterocycles. The van der Waals surface area contributed by atoms with Crippen molar-refractivity contribution in [3.05, 3.63) is 74.9 Å². The number of halogens is 1. The summed E-state index contributed by atoms with van der Waals surface area (Å²) >= 11 is 7.02. The molecule has 0 spiro atoms. The molecule has 0 unspecified atom stereocenters. The van der Waals surface area contributed by atoms with Crippen LogP contribution in [0.1, 0.15) is 22.5 Å². The number of thioether (sulfide) groups is 1. The molecule has 2 aromatic carbocycles. The first-order valence-corrected chi connectivity index (χ1v) is 9.57. The molecule has 7 nitrogen and oxygen atoms in total. The number of aromatic amines is 1. The lowest BCUT2D eigenvalue weighted by atomic mass is 10.1. The van der Waals surface area contributed by atoms with Crippen molar-refractivity contribution in [1.29, 1.82) is 5.26 Å². The van der Waals surface area contributed by atoms with Crippen molar-refractivity contribution in [2.75, 3.05) is 0 Å². The van der Waals surface area contributed by atoms with Gasteiger partial charge in [0.15, 0.2) is 0 Å². The number of carboxylic acid groups (broad SMARTS) is 1. The van der Waals surface area contributed by atoms with E-state index in [-0.39, 0.29) is 11.5 Å². The fraction of sp³-hybridized carbons (Fsp3) is 0.100. The van der Waals surface area contributed by atoms with E-state index in [4.69, 9.17) is 21.6 Å². The molecule has 0 aliphatic carbocycles. The van der Waals surface area contributed by atoms with E-state index in [0.717, 1.165) is 17.3 Å². The number of ether oxygens (including phenoxy) is 1. The first kappa shape index (κ1) is 20.5. The van der Waals surface area contributed by atoms with Crippen LogP contribution in [0, 0.1) is 18.3 Å². The number of rotatable bonds is 7. The van der Waals surface area contributed by atoms with Crippen molar-refractivity contribution in [3.8, 4) is 11.8 Å². The van der Waals surface area contributed by atoms with Gasteiger partial charge in [-0.15, -0.1) is 5.10 Å². The van der Waals surface area contributed by atoms with E-state index < -0.39 is 5.97 Å². The molecule has 0 saturated heterocycles. The van der Waals surface area contributed by atoms with Gasteiger partial charge in [0.25, 0.3) is 0 Å². The van der Waals surface area contributed by atoms with Crippen LogP contribution in [0.15, 0.2) is 52.5 Å². The molecule has 0 bridgehead atoms. The van der Waals surface area contributed by atoms with Crippen molar-refractivity contribution in [2.45, 2.75) is 18.7 Å². The van der Waals surface area contributed by atoms with Gasteiger partial charge in [0.2, 0.25) is 5.16 Å². The van der Waals surface area contributed by atoms with E-state index in [0.29, 0.717) is 32.9 Å². The fourth-order valence-electron chi connectivity index (χ4n) is 2.34. The number of carboxylic acids is 1. The van der Waals surface area contributed by atoms with Gasteiger partial charge < -0.3 is 9.84 Å². The number of nitriles is 1. The molecule has 0 atom stereocenters. The minimum Gasteiger partial charge on any atom is -0.488 e. The maximum atomic E-state index is 11.7. The molecule has 0 radical (unpaired) electrons. The second-order valence-corrected chi connectivity index (χ2v) is 7.34. The van der Waals surface area contributed by atoms with E-state index in [9.17, 15) is 9.90 Å². The zero-order valence-corrected chi connectivity index (χ0v) is 16.8. The van der Waals surface area contributed by atoms with Crippen LogP contribution < -0.4 is 4.74 Å². The highest BCUT2D eigenvalue weighted by Gasteiger charge is 2.15. The van der Waals surface area contributed by atoms with Crippen LogP contribution in [0.3, 0.4) is 0 Å². The third-order valence-electron chi connectivity index (χ3n) is 3.72. The third kappa shape index (κ3) is 5.60. The van der Waals surface area contributed by atoms with Crippen LogP contribution in [-0.4, -0.2) is 26.3 Å². The maximum Gasteiger partial charge on any atom is 0.342 e. The highest BCUT2D eigenvalue weighted by molar-refractivity contribution is 8.04. The van der Waals surface area contributed by atoms with Gasteiger partial charge in [-0.3, -0.25) is 5.10 Å². The van der Waals surface area contributed by atoms with Crippen LogP contribution in [0.5, 0.6) is 5.75 Å². The third-order valence-corrected chi connectivity index (χ3v) is 4.84. The Hall–Kier alpha value is -3.28. The molecule has 3 rings (SSSR count). The molecule has 29 heavy (non-hydrogen) atoms. The molecule has 146 valence electrons. The Bertz CT molecular complexity index is 1100. The Morgan fingerprint density at radius 2 is 2.10 bits per heavy atom. The average Bonchev–Trinajstić information content (AvgIpc) is 3.12. The first-order chi connectivity index (χ1) is 13.9. The summed E-state index contributed by atoms with van der Waals surface area (Å²) in [6.07, 6.45) is 1.47. The second kappa shape index (κ2) is 9.28. The SMILES string of the molecule is Cc1nc(S/C(=C\c2cc(Cl)ccc2OCc2ccc(C#N)cc2)C(=O)O)n[nH]1. The van der Waals surface area contributed by atoms with E-state index >= 15 is 0 Å². The molecule has 0 amide bonds. The molecular formula is C20H15ClN4O3S. The highest BCUT2D eigenvalue weighted by atomic mass is 35.5. The van der Waals surface area contributed by atoms with E-state index in [1.807, 2.05) is 0 Å². The molecule has 0 aliphatic rings. The predicted molar refractivity (Wildman–Crippen MR) is 110 cm³/mol. The van der Waals surface area contributed by atoms with Crippen molar-refractivity contribution in [2.24, 2.45) is 0 Å². The van der Waals surface area contributed by atoms with Gasteiger partial charge >= 0.3 is 5.97 Å². The van der Waals surface area contributed by atoms with Gasteiger partial charge in [0.1, 0.15) is 23.1 Å². The lowest BCUT2D eigenvalue weighted by Gasteiger charge is -2.11. The van der Waals surface area contributed by atoms with Crippen molar-refractivity contribution in [1.82, 2.24) is 15.2 Å². The fourth-order valence-corrected chi connectivity index (χ4v) is 3.27. The summed E-state index contributed by atoms with van der Waals surface area (Å²) in [5, 5.41) is 25.8. The van der Waals surface area contributed by atoms with Gasteiger partial charge in [-0.25, -0.2) is 9.78 Å². The summed E-state index contributed by atoms with van der Waals surface area (Å²) in [7, 11) is 0. The Morgan fingerprint density at radius 1 is 1.34 bits per heavy atom. The molecule has 2 N–H and O–H groups in total. The summed E-state index contributed by atoms with van der Waals surface area (Å²) < 4.78 is 5.86. The molecule has 0 saturated carbocycles. The number of hydrogen-bond donors (Lipinski definition) is 2. The van der Waals surface area contributed by atoms with E-state index in [1.165, 1.54) is 6.08 Å². The lowest BCUT2D eigenvalue weighted by Crippen LogP contribution is -2.00. The summed E-state index contributed by atoms with van der Waals surface area (Å²) in [5.41, 5.74) is 1.95. The number of aliphatic carboxylic acids is 1. The summed E-state index contributed by atoms with van der Waals surface area (Å²) in [6.45, 7) is 1.98. The Kier molecular flexibility index (Phi) is 6.54. The molecule has 3 aromatic rings. The maximum absolute atomic E-state index is 11.7. The van der Waals surface area contributed by atoms with Crippen molar-refractivity contribution < 1.29 is 14.6 Å². The van der Waals surface area contributed by atoms with Gasteiger partial charge in [0.05, 0.1) is 11.6 Å². The predicted octanol–water partition coefficient (Wildman–Crippen LogP) is 4.44. The largest absolute Gasteiger partial charge is 0.488 e. The van der Waals surface area contributed by atoms with Crippen LogP contribution in [0.2, 0.25) is 5.02 Å². The number of aromatic nitrogens is 3. The van der Waals surface area contributed by atoms with Crippen LogP contribution in [0.25, 0.3) is 6.08 Å². The summed E-state index contributed by atoms with van der Waals surface area (Å²) in [6, 6.07) is 14.1.